The van der Waals surface area contributed by atoms with E-state index < -0.39 is 11.9 Å². The first-order valence-corrected chi connectivity index (χ1v) is 3.97. The molecule has 0 atom stereocenters. The van der Waals surface area contributed by atoms with E-state index in [1.807, 2.05) is 6.08 Å². The molecule has 0 aromatic carbocycles. The van der Waals surface area contributed by atoms with Crippen molar-refractivity contribution in [3.63, 3.8) is 0 Å². The minimum Gasteiger partial charge on any atom is -0.478 e. The Morgan fingerprint density at radius 3 is 2.77 bits per heavy atom. The second kappa shape index (κ2) is 4.45. The van der Waals surface area contributed by atoms with Crippen molar-refractivity contribution in [3.05, 3.63) is 24.0 Å². The molecule has 4 heteroatoms. The molecule has 1 aliphatic carbocycles. The van der Waals surface area contributed by atoms with Crippen LogP contribution in [0.2, 0.25) is 0 Å². The molecule has 0 saturated carbocycles. The number of allylic oxidation sites excluding steroid dienone is 2. The van der Waals surface area contributed by atoms with Crippen molar-refractivity contribution in [2.75, 3.05) is 0 Å². The largest absolute Gasteiger partial charge is 0.478 e. The van der Waals surface area contributed by atoms with Gasteiger partial charge in [0, 0.05) is 12.5 Å². The Hall–Kier alpha value is -1.58. The Kier molecular flexibility index (Phi) is 3.25. The van der Waals surface area contributed by atoms with Gasteiger partial charge in [-0.1, -0.05) is 6.08 Å². The zero-order chi connectivity index (χ0) is 9.68. The number of carbonyl (C=O) groups excluding carboxylic acids is 1. The summed E-state index contributed by atoms with van der Waals surface area (Å²) in [4.78, 5) is 20.9. The van der Waals surface area contributed by atoms with E-state index in [1.165, 1.54) is 6.08 Å². The van der Waals surface area contributed by atoms with Crippen LogP contribution in [0.1, 0.15) is 19.3 Å². The lowest BCUT2D eigenvalue weighted by molar-refractivity contribution is -0.139. The molecular formula is C9H10O4. The van der Waals surface area contributed by atoms with E-state index >= 15 is 0 Å². The Balaban J connectivity index is 2.21. The highest BCUT2D eigenvalue weighted by Gasteiger charge is 2.10. The molecule has 70 valence electrons. The Bertz CT molecular complexity index is 275. The molecular weight excluding hydrogens is 172 g/mol. The van der Waals surface area contributed by atoms with Gasteiger partial charge >= 0.3 is 11.9 Å². The molecule has 0 fully saturated rings. The van der Waals surface area contributed by atoms with E-state index in [0.717, 1.165) is 18.9 Å². The first-order valence-electron chi connectivity index (χ1n) is 3.97. The van der Waals surface area contributed by atoms with Crippen molar-refractivity contribution in [1.29, 1.82) is 0 Å². The topological polar surface area (TPSA) is 63.6 Å². The lowest BCUT2D eigenvalue weighted by Gasteiger charge is -2.12. The third kappa shape index (κ3) is 3.55. The molecule has 0 unspecified atom stereocenters. The molecule has 0 aliphatic heterocycles. The highest BCUT2D eigenvalue weighted by Crippen LogP contribution is 2.19. The summed E-state index contributed by atoms with van der Waals surface area (Å²) in [6, 6.07) is 0. The summed E-state index contributed by atoms with van der Waals surface area (Å²) >= 11 is 0. The van der Waals surface area contributed by atoms with Gasteiger partial charge in [-0.15, -0.1) is 0 Å². The Morgan fingerprint density at radius 1 is 1.62 bits per heavy atom. The molecule has 0 heterocycles. The first-order chi connectivity index (χ1) is 6.18. The summed E-state index contributed by atoms with van der Waals surface area (Å²) in [6.07, 6.45) is 5.78. The third-order valence-corrected chi connectivity index (χ3v) is 1.55. The lowest BCUT2D eigenvalue weighted by atomic mass is 10.1. The van der Waals surface area contributed by atoms with Crippen LogP contribution < -0.4 is 0 Å². The van der Waals surface area contributed by atoms with Gasteiger partial charge in [-0.05, 0) is 12.5 Å². The summed E-state index contributed by atoms with van der Waals surface area (Å²) in [6.45, 7) is 0. The van der Waals surface area contributed by atoms with Crippen molar-refractivity contribution in [1.82, 2.24) is 0 Å². The molecule has 1 aliphatic rings. The monoisotopic (exact) mass is 182 g/mol. The van der Waals surface area contributed by atoms with Crippen LogP contribution >= 0.6 is 0 Å². The van der Waals surface area contributed by atoms with E-state index in [2.05, 4.69) is 0 Å². The maximum absolute atomic E-state index is 10.9. The normalized spacial score (nSPS) is 14.9. The van der Waals surface area contributed by atoms with Crippen LogP contribution in [0.25, 0.3) is 0 Å². The minimum atomic E-state index is -1.06. The molecule has 0 bridgehead atoms. The fourth-order valence-electron chi connectivity index (χ4n) is 0.799. The maximum Gasteiger partial charge on any atom is 0.327 e. The van der Waals surface area contributed by atoms with Gasteiger partial charge in [-0.25, -0.2) is 4.79 Å². The van der Waals surface area contributed by atoms with Gasteiger partial charge < -0.3 is 9.84 Å². The van der Waals surface area contributed by atoms with Gasteiger partial charge in [0.25, 0.3) is 0 Å². The van der Waals surface area contributed by atoms with E-state index in [0.29, 0.717) is 5.76 Å². The van der Waals surface area contributed by atoms with Gasteiger partial charge in [0.1, 0.15) is 5.76 Å². The number of carbonyl (C=O) groups is 2. The van der Waals surface area contributed by atoms with Crippen LogP contribution in [-0.4, -0.2) is 17.0 Å². The molecule has 13 heavy (non-hydrogen) atoms. The Morgan fingerprint density at radius 2 is 2.31 bits per heavy atom. The van der Waals surface area contributed by atoms with Crippen molar-refractivity contribution in [2.24, 2.45) is 0 Å². The number of carboxylic acids is 1. The van der Waals surface area contributed by atoms with Crippen molar-refractivity contribution < 1.29 is 19.4 Å². The van der Waals surface area contributed by atoms with Gasteiger partial charge in [-0.3, -0.25) is 4.79 Å². The van der Waals surface area contributed by atoms with Crippen LogP contribution in [0, 0.1) is 0 Å². The molecule has 0 saturated heterocycles. The number of hydrogen-bond acceptors (Lipinski definition) is 3. The highest BCUT2D eigenvalue weighted by molar-refractivity contribution is 5.81. The predicted octanol–water partition coefficient (Wildman–Crippen LogP) is 1.24. The lowest BCUT2D eigenvalue weighted by Crippen LogP contribution is -2.07. The fourth-order valence-corrected chi connectivity index (χ4v) is 0.799. The number of ether oxygens (including phenoxy) is 1. The quantitative estimate of drug-likeness (QED) is 0.524. The zero-order valence-electron chi connectivity index (χ0n) is 7.03. The smallest absolute Gasteiger partial charge is 0.327 e. The number of carboxylic acid groups (broad SMARTS) is 1. The second-order valence-corrected chi connectivity index (χ2v) is 2.63. The number of esters is 1. The number of aliphatic carboxylic acids is 1. The minimum absolute atomic E-state index is 0.00361. The summed E-state index contributed by atoms with van der Waals surface area (Å²) in [7, 11) is 0. The van der Waals surface area contributed by atoms with Crippen molar-refractivity contribution >= 4 is 11.9 Å². The molecule has 1 N–H and O–H groups in total. The number of hydrogen-bond donors (Lipinski definition) is 1. The number of rotatable bonds is 4. The third-order valence-electron chi connectivity index (χ3n) is 1.55. The van der Waals surface area contributed by atoms with Crippen LogP contribution in [0.4, 0.5) is 0 Å². The van der Waals surface area contributed by atoms with Gasteiger partial charge in [0.15, 0.2) is 0 Å². The molecule has 0 radical (unpaired) electrons. The van der Waals surface area contributed by atoms with Crippen molar-refractivity contribution in [2.45, 2.75) is 19.3 Å². The standard InChI is InChI=1S/C9H10O4/c10-8(11)5-2-6-9(12)13-7-3-1-4-7/h2-3,5H,1,4,6H2,(H,10,11). The SMILES string of the molecule is O=C(O)C=CCC(=O)OC1=CCC1. The average molecular weight is 182 g/mol. The molecule has 0 aromatic rings. The first kappa shape index (κ1) is 9.51. The summed E-state index contributed by atoms with van der Waals surface area (Å²) in [5.41, 5.74) is 0. The summed E-state index contributed by atoms with van der Waals surface area (Å²) in [5.74, 6) is -0.784. The van der Waals surface area contributed by atoms with E-state index in [1.54, 1.807) is 0 Å². The Labute approximate surface area is 75.5 Å². The van der Waals surface area contributed by atoms with Gasteiger partial charge in [0.05, 0.1) is 6.42 Å². The average Bonchev–Trinajstić information content (AvgIpc) is 1.96. The molecule has 0 aromatic heterocycles. The fraction of sp³-hybridized carbons (Fsp3) is 0.333. The molecule has 0 amide bonds. The molecule has 4 nitrogen and oxygen atoms in total. The second-order valence-electron chi connectivity index (χ2n) is 2.63. The van der Waals surface area contributed by atoms with Crippen LogP contribution in [-0.2, 0) is 14.3 Å². The zero-order valence-corrected chi connectivity index (χ0v) is 7.03. The molecule has 0 spiro atoms. The van der Waals surface area contributed by atoms with Crippen LogP contribution in [0.3, 0.4) is 0 Å². The maximum atomic E-state index is 10.9. The van der Waals surface area contributed by atoms with Crippen LogP contribution in [0.15, 0.2) is 24.0 Å². The summed E-state index contributed by atoms with van der Waals surface area (Å²) < 4.78 is 4.85. The van der Waals surface area contributed by atoms with E-state index in [9.17, 15) is 9.59 Å². The van der Waals surface area contributed by atoms with Gasteiger partial charge in [0.2, 0.25) is 0 Å². The van der Waals surface area contributed by atoms with E-state index in [-0.39, 0.29) is 6.42 Å². The van der Waals surface area contributed by atoms with Crippen molar-refractivity contribution in [3.8, 4) is 0 Å². The summed E-state index contributed by atoms with van der Waals surface area (Å²) in [5, 5.41) is 8.22. The van der Waals surface area contributed by atoms with Gasteiger partial charge in [-0.2, -0.15) is 0 Å². The highest BCUT2D eigenvalue weighted by atomic mass is 16.5. The van der Waals surface area contributed by atoms with Crippen LogP contribution in [0.5, 0.6) is 0 Å². The van der Waals surface area contributed by atoms with E-state index in [4.69, 9.17) is 9.84 Å². The molecule has 1 rings (SSSR count). The predicted molar refractivity (Wildman–Crippen MR) is 44.8 cm³/mol.